The van der Waals surface area contributed by atoms with Gasteiger partial charge in [0.1, 0.15) is 0 Å². The standard InChI is InChI=1S/C6H2ClNO2S/c7-5-2-1-4(11-5)6(10)8-3-9/h1-2H. The Bertz CT molecular complexity index is 327. The van der Waals surface area contributed by atoms with E-state index in [1.165, 1.54) is 6.07 Å². The summed E-state index contributed by atoms with van der Waals surface area (Å²) in [6, 6.07) is 3.08. The van der Waals surface area contributed by atoms with Crippen molar-refractivity contribution in [3.8, 4) is 0 Å². The number of aliphatic imine (C=N–C) groups is 1. The zero-order chi connectivity index (χ0) is 8.27. The fourth-order valence-corrected chi connectivity index (χ4v) is 1.45. The van der Waals surface area contributed by atoms with Crippen LogP contribution in [-0.4, -0.2) is 12.0 Å². The van der Waals surface area contributed by atoms with Crippen LogP contribution in [0.15, 0.2) is 17.1 Å². The van der Waals surface area contributed by atoms with Gasteiger partial charge < -0.3 is 0 Å². The van der Waals surface area contributed by atoms with E-state index in [0.717, 1.165) is 17.4 Å². The summed E-state index contributed by atoms with van der Waals surface area (Å²) in [6.07, 6.45) is 1.16. The largest absolute Gasteiger partial charge is 0.297 e. The van der Waals surface area contributed by atoms with Gasteiger partial charge in [-0.05, 0) is 12.1 Å². The summed E-state index contributed by atoms with van der Waals surface area (Å²) in [7, 11) is 0. The van der Waals surface area contributed by atoms with Gasteiger partial charge >= 0.3 is 0 Å². The lowest BCUT2D eigenvalue weighted by Gasteiger charge is -1.80. The van der Waals surface area contributed by atoms with E-state index in [2.05, 4.69) is 4.99 Å². The van der Waals surface area contributed by atoms with Crippen LogP contribution in [0.5, 0.6) is 0 Å². The minimum Gasteiger partial charge on any atom is -0.265 e. The fraction of sp³-hybridized carbons (Fsp3) is 0. The van der Waals surface area contributed by atoms with Crippen molar-refractivity contribution >= 4 is 34.9 Å². The van der Waals surface area contributed by atoms with E-state index in [1.54, 1.807) is 6.07 Å². The fourth-order valence-electron chi connectivity index (χ4n) is 0.526. The highest BCUT2D eigenvalue weighted by molar-refractivity contribution is 7.18. The third-order valence-corrected chi connectivity index (χ3v) is 2.15. The Morgan fingerprint density at radius 3 is 2.82 bits per heavy atom. The molecule has 1 heterocycles. The van der Waals surface area contributed by atoms with E-state index in [4.69, 9.17) is 11.6 Å². The Balaban J connectivity index is 2.93. The molecule has 0 radical (unpaired) electrons. The lowest BCUT2D eigenvalue weighted by Crippen LogP contribution is -1.87. The van der Waals surface area contributed by atoms with Gasteiger partial charge in [0.2, 0.25) is 6.08 Å². The molecule has 0 aliphatic carbocycles. The molecule has 1 aromatic rings. The van der Waals surface area contributed by atoms with Crippen molar-refractivity contribution in [3.63, 3.8) is 0 Å². The van der Waals surface area contributed by atoms with Crippen LogP contribution in [0.4, 0.5) is 0 Å². The van der Waals surface area contributed by atoms with Gasteiger partial charge in [-0.25, -0.2) is 4.79 Å². The summed E-state index contributed by atoms with van der Waals surface area (Å²) in [6.45, 7) is 0. The second kappa shape index (κ2) is 3.44. The average Bonchev–Trinajstić information content (AvgIpc) is 2.36. The molecule has 0 fully saturated rings. The number of nitrogens with zero attached hydrogens (tertiary/aromatic N) is 1. The van der Waals surface area contributed by atoms with Crippen LogP contribution in [0.1, 0.15) is 9.67 Å². The molecule has 11 heavy (non-hydrogen) atoms. The molecule has 1 aromatic heterocycles. The highest BCUT2D eigenvalue weighted by Gasteiger charge is 2.05. The molecule has 0 atom stereocenters. The van der Waals surface area contributed by atoms with E-state index >= 15 is 0 Å². The van der Waals surface area contributed by atoms with Crippen molar-refractivity contribution in [1.29, 1.82) is 0 Å². The van der Waals surface area contributed by atoms with Crippen molar-refractivity contribution in [2.75, 3.05) is 0 Å². The van der Waals surface area contributed by atoms with Crippen molar-refractivity contribution in [3.05, 3.63) is 21.3 Å². The molecule has 0 aliphatic rings. The van der Waals surface area contributed by atoms with Crippen molar-refractivity contribution in [2.24, 2.45) is 4.99 Å². The first-order valence-electron chi connectivity index (χ1n) is 2.61. The number of hydrogen-bond acceptors (Lipinski definition) is 3. The smallest absolute Gasteiger partial charge is 0.265 e. The lowest BCUT2D eigenvalue weighted by molar-refractivity contribution is 0.101. The van der Waals surface area contributed by atoms with Gasteiger partial charge in [0.05, 0.1) is 9.21 Å². The van der Waals surface area contributed by atoms with Crippen LogP contribution in [0, 0.1) is 0 Å². The average molecular weight is 188 g/mol. The second-order valence-electron chi connectivity index (χ2n) is 1.61. The molecular formula is C6H2ClNO2S. The first-order valence-corrected chi connectivity index (χ1v) is 3.81. The normalized spacial score (nSPS) is 8.82. The Hall–Kier alpha value is -0.960. The maximum atomic E-state index is 10.8. The Labute approximate surface area is 71.3 Å². The Morgan fingerprint density at radius 2 is 2.36 bits per heavy atom. The van der Waals surface area contributed by atoms with E-state index in [-0.39, 0.29) is 0 Å². The highest BCUT2D eigenvalue weighted by atomic mass is 35.5. The van der Waals surface area contributed by atoms with E-state index in [9.17, 15) is 9.59 Å². The van der Waals surface area contributed by atoms with Crippen LogP contribution in [0.25, 0.3) is 0 Å². The molecule has 0 spiro atoms. The Kier molecular flexibility index (Phi) is 2.54. The van der Waals surface area contributed by atoms with Crippen molar-refractivity contribution in [1.82, 2.24) is 0 Å². The molecule has 0 saturated heterocycles. The SMILES string of the molecule is O=C=NC(=O)c1ccc(Cl)s1. The molecule has 1 rings (SSSR count). The van der Waals surface area contributed by atoms with Gasteiger partial charge in [0, 0.05) is 0 Å². The zero-order valence-electron chi connectivity index (χ0n) is 5.20. The monoisotopic (exact) mass is 187 g/mol. The number of hydrogen-bond donors (Lipinski definition) is 0. The number of thiophene rings is 1. The lowest BCUT2D eigenvalue weighted by atomic mass is 10.4. The van der Waals surface area contributed by atoms with Crippen molar-refractivity contribution < 1.29 is 9.59 Å². The molecule has 1 amide bonds. The number of halogens is 1. The molecule has 0 unspecified atom stereocenters. The zero-order valence-corrected chi connectivity index (χ0v) is 6.78. The highest BCUT2D eigenvalue weighted by Crippen LogP contribution is 2.21. The molecule has 56 valence electrons. The first-order chi connectivity index (χ1) is 5.24. The first kappa shape index (κ1) is 8.14. The molecule has 0 bridgehead atoms. The predicted octanol–water partition coefficient (Wildman–Crippen LogP) is 1.88. The molecule has 5 heteroatoms. The third-order valence-electron chi connectivity index (χ3n) is 0.931. The van der Waals surface area contributed by atoms with Crippen LogP contribution in [0.2, 0.25) is 4.34 Å². The van der Waals surface area contributed by atoms with Gasteiger partial charge in [0.15, 0.2) is 0 Å². The quantitative estimate of drug-likeness (QED) is 0.498. The van der Waals surface area contributed by atoms with E-state index < -0.39 is 5.91 Å². The number of isocyanates is 1. The molecule has 0 aliphatic heterocycles. The molecule has 3 nitrogen and oxygen atoms in total. The van der Waals surface area contributed by atoms with Crippen molar-refractivity contribution in [2.45, 2.75) is 0 Å². The maximum Gasteiger partial charge on any atom is 0.297 e. The van der Waals surface area contributed by atoms with E-state index in [1.807, 2.05) is 0 Å². The molecule has 0 saturated carbocycles. The Morgan fingerprint density at radius 1 is 1.64 bits per heavy atom. The van der Waals surface area contributed by atoms with Gasteiger partial charge in [0.25, 0.3) is 5.91 Å². The number of carbonyl (C=O) groups is 1. The summed E-state index contributed by atoms with van der Waals surface area (Å²) in [5, 5.41) is 0. The number of amides is 1. The second-order valence-corrected chi connectivity index (χ2v) is 3.33. The predicted molar refractivity (Wildman–Crippen MR) is 41.8 cm³/mol. The third kappa shape index (κ3) is 1.98. The molecule has 0 N–H and O–H groups in total. The summed E-state index contributed by atoms with van der Waals surface area (Å²) in [5.74, 6) is -0.600. The summed E-state index contributed by atoms with van der Waals surface area (Å²) in [5.41, 5.74) is 0. The number of carbonyl (C=O) groups excluding carboxylic acids is 2. The topological polar surface area (TPSA) is 46.5 Å². The number of rotatable bonds is 1. The molecular weight excluding hydrogens is 186 g/mol. The van der Waals surface area contributed by atoms with Gasteiger partial charge in [-0.1, -0.05) is 11.6 Å². The van der Waals surface area contributed by atoms with Crippen LogP contribution in [-0.2, 0) is 4.79 Å². The van der Waals surface area contributed by atoms with Gasteiger partial charge in [-0.15, -0.1) is 16.3 Å². The minimum atomic E-state index is -0.600. The summed E-state index contributed by atoms with van der Waals surface area (Å²) in [4.78, 5) is 23.7. The minimum absolute atomic E-state index is 0.346. The summed E-state index contributed by atoms with van der Waals surface area (Å²) >= 11 is 6.61. The van der Waals surface area contributed by atoms with E-state index in [0.29, 0.717) is 9.21 Å². The van der Waals surface area contributed by atoms with Gasteiger partial charge in [-0.3, -0.25) is 4.79 Å². The van der Waals surface area contributed by atoms with Gasteiger partial charge in [-0.2, -0.15) is 0 Å². The maximum absolute atomic E-state index is 10.8. The van der Waals surface area contributed by atoms with Crippen LogP contribution >= 0.6 is 22.9 Å². The molecule has 0 aromatic carbocycles. The van der Waals surface area contributed by atoms with Crippen LogP contribution < -0.4 is 0 Å². The van der Waals surface area contributed by atoms with Crippen LogP contribution in [0.3, 0.4) is 0 Å². The summed E-state index contributed by atoms with van der Waals surface area (Å²) < 4.78 is 0.495.